The van der Waals surface area contributed by atoms with Crippen molar-refractivity contribution in [1.82, 2.24) is 0 Å². The van der Waals surface area contributed by atoms with Crippen molar-refractivity contribution in [3.8, 4) is 0 Å². The summed E-state index contributed by atoms with van der Waals surface area (Å²) in [4.78, 5) is 0. The Morgan fingerprint density at radius 3 is 2.78 bits per heavy atom. The van der Waals surface area contributed by atoms with Gasteiger partial charge >= 0.3 is 0 Å². The fourth-order valence-corrected chi connectivity index (χ4v) is 0.856. The van der Waals surface area contributed by atoms with Crippen molar-refractivity contribution < 1.29 is 8.76 Å². The van der Waals surface area contributed by atoms with Crippen molar-refractivity contribution in [1.29, 1.82) is 0 Å². The molecule has 1 N–H and O–H groups in total. The van der Waals surface area contributed by atoms with E-state index < -0.39 is 11.1 Å². The number of allylic oxidation sites excluding steroid dienone is 2. The second-order valence-electron chi connectivity index (χ2n) is 1.62. The zero-order chi connectivity index (χ0) is 7.28. The van der Waals surface area contributed by atoms with Gasteiger partial charge in [0, 0.05) is 0 Å². The molecule has 1 atom stereocenters. The van der Waals surface area contributed by atoms with Gasteiger partial charge in [-0.15, -0.1) is 0 Å². The summed E-state index contributed by atoms with van der Waals surface area (Å²) in [6, 6.07) is 0. The van der Waals surface area contributed by atoms with E-state index in [0.717, 1.165) is 0 Å². The minimum Gasteiger partial charge on any atom is -0.306 e. The number of hydrogen-bond acceptors (Lipinski definition) is 1. The minimum absolute atomic E-state index is 0.143. The van der Waals surface area contributed by atoms with Crippen LogP contribution in [-0.2, 0) is 11.1 Å². The third kappa shape index (κ3) is 5.46. The molecule has 52 valence electrons. The van der Waals surface area contributed by atoms with Gasteiger partial charge in [0.1, 0.15) is 0 Å². The van der Waals surface area contributed by atoms with Gasteiger partial charge in [-0.3, -0.25) is 0 Å². The molecule has 0 aliphatic heterocycles. The van der Waals surface area contributed by atoms with Crippen LogP contribution in [0.5, 0.6) is 0 Å². The summed E-state index contributed by atoms with van der Waals surface area (Å²) in [7, 11) is 0. The standard InChI is InChI=1S/C6H10O2S/c1-3-4-6(2)5-9(7)8/h3-4H,2,5H2,1H3,(H,7,8). The Hall–Kier alpha value is -0.410. The Kier molecular flexibility index (Phi) is 4.26. The Bertz CT molecular complexity index is 149. The highest BCUT2D eigenvalue weighted by Gasteiger charge is 1.92. The van der Waals surface area contributed by atoms with Crippen LogP contribution >= 0.6 is 0 Å². The van der Waals surface area contributed by atoms with E-state index in [9.17, 15) is 4.21 Å². The predicted octanol–water partition coefficient (Wildman–Crippen LogP) is 1.34. The van der Waals surface area contributed by atoms with E-state index in [0.29, 0.717) is 5.57 Å². The normalized spacial score (nSPS) is 14.0. The van der Waals surface area contributed by atoms with E-state index in [-0.39, 0.29) is 5.75 Å². The molecule has 0 saturated carbocycles. The van der Waals surface area contributed by atoms with Gasteiger partial charge in [-0.1, -0.05) is 18.7 Å². The summed E-state index contributed by atoms with van der Waals surface area (Å²) in [5.74, 6) is 0.143. The van der Waals surface area contributed by atoms with Gasteiger partial charge in [0.2, 0.25) is 0 Å². The third-order valence-electron chi connectivity index (χ3n) is 0.711. The van der Waals surface area contributed by atoms with Gasteiger partial charge in [0.05, 0.1) is 5.75 Å². The lowest BCUT2D eigenvalue weighted by Crippen LogP contribution is -1.94. The molecule has 0 heterocycles. The molecule has 0 aromatic carbocycles. The smallest absolute Gasteiger partial charge is 0.157 e. The maximum Gasteiger partial charge on any atom is 0.157 e. The summed E-state index contributed by atoms with van der Waals surface area (Å²) in [6.45, 7) is 5.38. The van der Waals surface area contributed by atoms with Gasteiger partial charge in [-0.2, -0.15) is 0 Å². The van der Waals surface area contributed by atoms with Crippen LogP contribution in [0.3, 0.4) is 0 Å². The van der Waals surface area contributed by atoms with E-state index in [2.05, 4.69) is 6.58 Å². The quantitative estimate of drug-likeness (QED) is 0.482. The van der Waals surface area contributed by atoms with Crippen LogP contribution in [0.1, 0.15) is 6.92 Å². The van der Waals surface area contributed by atoms with Crippen LogP contribution in [-0.4, -0.2) is 14.5 Å². The van der Waals surface area contributed by atoms with Crippen molar-refractivity contribution in [3.63, 3.8) is 0 Å². The zero-order valence-corrected chi connectivity index (χ0v) is 6.15. The van der Waals surface area contributed by atoms with Gasteiger partial charge in [0.25, 0.3) is 0 Å². The maximum atomic E-state index is 10.1. The van der Waals surface area contributed by atoms with Crippen molar-refractivity contribution in [3.05, 3.63) is 24.3 Å². The molecule has 0 aromatic heterocycles. The highest BCUT2D eigenvalue weighted by molar-refractivity contribution is 7.79. The molecule has 0 radical (unpaired) electrons. The minimum atomic E-state index is -1.75. The topological polar surface area (TPSA) is 37.3 Å². The molecule has 0 bridgehead atoms. The lowest BCUT2D eigenvalue weighted by Gasteiger charge is -1.91. The van der Waals surface area contributed by atoms with E-state index in [4.69, 9.17) is 4.55 Å². The van der Waals surface area contributed by atoms with Crippen LogP contribution in [0, 0.1) is 0 Å². The number of rotatable bonds is 3. The SMILES string of the molecule is C=C(C=CC)CS(=O)O. The molecule has 0 aliphatic carbocycles. The van der Waals surface area contributed by atoms with Crippen molar-refractivity contribution in [2.75, 3.05) is 5.75 Å². The molecule has 1 unspecified atom stereocenters. The van der Waals surface area contributed by atoms with Gasteiger partial charge in [0.15, 0.2) is 11.1 Å². The fourth-order valence-electron chi connectivity index (χ4n) is 0.442. The first kappa shape index (κ1) is 8.59. The average Bonchev–Trinajstić information content (AvgIpc) is 1.63. The van der Waals surface area contributed by atoms with Crippen molar-refractivity contribution in [2.45, 2.75) is 6.92 Å². The molecule has 0 aliphatic rings. The molecule has 0 aromatic rings. The molecule has 0 amide bonds. The Morgan fingerprint density at radius 1 is 1.89 bits per heavy atom. The molecule has 0 rings (SSSR count). The van der Waals surface area contributed by atoms with E-state index in [1.54, 1.807) is 12.2 Å². The maximum absolute atomic E-state index is 10.1. The van der Waals surface area contributed by atoms with Crippen molar-refractivity contribution in [2.24, 2.45) is 0 Å². The molecular weight excluding hydrogens is 136 g/mol. The summed E-state index contributed by atoms with van der Waals surface area (Å²) in [6.07, 6.45) is 3.50. The van der Waals surface area contributed by atoms with Crippen molar-refractivity contribution >= 4 is 11.1 Å². The van der Waals surface area contributed by atoms with Crippen LogP contribution in [0.4, 0.5) is 0 Å². The van der Waals surface area contributed by atoms with Gasteiger partial charge < -0.3 is 4.55 Å². The predicted molar refractivity (Wildman–Crippen MR) is 39.6 cm³/mol. The summed E-state index contributed by atoms with van der Waals surface area (Å²) in [5, 5.41) is 0. The molecule has 9 heavy (non-hydrogen) atoms. The lowest BCUT2D eigenvalue weighted by molar-refractivity contribution is 0.567. The second kappa shape index (κ2) is 4.47. The Balaban J connectivity index is 3.64. The monoisotopic (exact) mass is 146 g/mol. The van der Waals surface area contributed by atoms with Gasteiger partial charge in [-0.05, 0) is 12.5 Å². The highest BCUT2D eigenvalue weighted by Crippen LogP contribution is 1.93. The average molecular weight is 146 g/mol. The zero-order valence-electron chi connectivity index (χ0n) is 5.33. The first-order valence-corrected chi connectivity index (χ1v) is 3.82. The van der Waals surface area contributed by atoms with Crippen LogP contribution in [0.15, 0.2) is 24.3 Å². The van der Waals surface area contributed by atoms with Crippen LogP contribution < -0.4 is 0 Å². The first-order chi connectivity index (χ1) is 4.16. The Labute approximate surface area is 57.6 Å². The second-order valence-corrected chi connectivity index (χ2v) is 2.56. The molecule has 0 spiro atoms. The lowest BCUT2D eigenvalue weighted by atomic mass is 10.3. The fraction of sp³-hybridized carbons (Fsp3) is 0.333. The van der Waals surface area contributed by atoms with Gasteiger partial charge in [-0.25, -0.2) is 4.21 Å². The molecule has 3 heteroatoms. The molecule has 0 fully saturated rings. The summed E-state index contributed by atoms with van der Waals surface area (Å²) < 4.78 is 18.4. The highest BCUT2D eigenvalue weighted by atomic mass is 32.2. The van der Waals surface area contributed by atoms with E-state index in [1.807, 2.05) is 6.92 Å². The third-order valence-corrected chi connectivity index (χ3v) is 1.33. The van der Waals surface area contributed by atoms with E-state index in [1.165, 1.54) is 0 Å². The molecule has 2 nitrogen and oxygen atoms in total. The first-order valence-electron chi connectivity index (χ1n) is 2.54. The van der Waals surface area contributed by atoms with Crippen LogP contribution in [0.2, 0.25) is 0 Å². The number of hydrogen-bond donors (Lipinski definition) is 1. The van der Waals surface area contributed by atoms with Crippen LogP contribution in [0.25, 0.3) is 0 Å². The summed E-state index contributed by atoms with van der Waals surface area (Å²) >= 11 is -1.75. The Morgan fingerprint density at radius 2 is 2.44 bits per heavy atom. The summed E-state index contributed by atoms with van der Waals surface area (Å²) in [5.41, 5.74) is 0.679. The largest absolute Gasteiger partial charge is 0.306 e. The van der Waals surface area contributed by atoms with E-state index >= 15 is 0 Å². The molecular formula is C6H10O2S. The molecule has 0 saturated heterocycles.